The molecule has 1 aromatic rings. The number of ether oxygens (including phenoxy) is 3. The molecule has 1 aromatic carbocycles. The number of likely N-dealkylation sites (tertiary alicyclic amines) is 1. The lowest BCUT2D eigenvalue weighted by Gasteiger charge is -2.37. The van der Waals surface area contributed by atoms with E-state index < -0.39 is 53.6 Å². The highest BCUT2D eigenvalue weighted by Crippen LogP contribution is 2.53. The highest BCUT2D eigenvalue weighted by atomic mass is 16.6. The van der Waals surface area contributed by atoms with Crippen molar-refractivity contribution < 1.29 is 38.5 Å². The van der Waals surface area contributed by atoms with Crippen LogP contribution in [0.15, 0.2) is 48.6 Å². The number of amides is 3. The number of fused-ring (bicyclic) bond motifs is 2. The number of cyclic esters (lactones) is 1. The van der Waals surface area contributed by atoms with Gasteiger partial charge in [0.05, 0.1) is 38.3 Å². The third-order valence-electron chi connectivity index (χ3n) is 8.09. The largest absolute Gasteiger partial charge is 0.497 e. The van der Waals surface area contributed by atoms with E-state index in [2.05, 4.69) is 5.32 Å². The number of aliphatic hydroxyl groups is 1. The van der Waals surface area contributed by atoms with E-state index in [4.69, 9.17) is 14.2 Å². The number of hydrogen-bond donors (Lipinski definition) is 2. The monoisotopic (exact) mass is 553 g/mol. The number of carbonyl (C=O) groups excluding carboxylic acids is 4. The average Bonchev–Trinajstić information content (AvgIpc) is 3.34. The van der Waals surface area contributed by atoms with Gasteiger partial charge in [0.25, 0.3) is 5.91 Å². The lowest BCUT2D eigenvalue weighted by Crippen LogP contribution is -2.57. The molecule has 4 aliphatic rings. The van der Waals surface area contributed by atoms with E-state index in [1.807, 2.05) is 0 Å². The van der Waals surface area contributed by atoms with Crippen LogP contribution in [0.3, 0.4) is 0 Å². The number of nitrogens with zero attached hydrogens (tertiary/aromatic N) is 2. The number of carbonyl (C=O) groups is 4. The third-order valence-corrected chi connectivity index (χ3v) is 8.09. The molecule has 5 rings (SSSR count). The van der Waals surface area contributed by atoms with Crippen LogP contribution in [-0.2, 0) is 28.7 Å². The Hall–Kier alpha value is -3.70. The topological polar surface area (TPSA) is 135 Å². The Morgan fingerprint density at radius 1 is 1.15 bits per heavy atom. The summed E-state index contributed by atoms with van der Waals surface area (Å²) in [6.45, 7) is 3.31. The maximum atomic E-state index is 14.3. The number of allylic oxidation sites excluding steroid dienone is 1. The normalized spacial score (nSPS) is 34.0. The standard InChI is InChI=1S/C29H35N3O8/c1-17(16-33)32-25-27(36)31(19-9-11-20(38-3)12-10-19)14-6-13-29(25)24(26(32)35)23-21(40-29)7-4-5-8-22(34)30-15-18(2)39-28(23)37/h4,6-7,9-13,17-18,21,23-25,33H,5,8,14-16H2,1-3H3,(H,30,34)/b7-4-/t17-,18+,21+,23-,24-,25+,29-/m1/s1. The smallest absolute Gasteiger partial charge is 0.313 e. The summed E-state index contributed by atoms with van der Waals surface area (Å²) < 4.78 is 17.5. The third kappa shape index (κ3) is 4.66. The quantitative estimate of drug-likeness (QED) is 0.416. The molecule has 0 saturated carbocycles. The molecule has 1 spiro atoms. The van der Waals surface area contributed by atoms with Crippen LogP contribution in [0.4, 0.5) is 5.69 Å². The Bertz CT molecular complexity index is 1230. The molecule has 0 bridgehead atoms. The summed E-state index contributed by atoms with van der Waals surface area (Å²) in [4.78, 5) is 57.1. The molecule has 4 heterocycles. The van der Waals surface area contributed by atoms with E-state index in [0.29, 0.717) is 17.9 Å². The number of esters is 1. The van der Waals surface area contributed by atoms with Gasteiger partial charge < -0.3 is 34.4 Å². The van der Waals surface area contributed by atoms with E-state index in [-0.39, 0.29) is 37.9 Å². The summed E-state index contributed by atoms with van der Waals surface area (Å²) in [6, 6.07) is 5.18. The van der Waals surface area contributed by atoms with Crippen molar-refractivity contribution in [2.75, 3.05) is 31.7 Å². The molecule has 214 valence electrons. The van der Waals surface area contributed by atoms with Crippen LogP contribution in [0.2, 0.25) is 0 Å². The molecule has 7 atom stereocenters. The molecule has 0 aliphatic carbocycles. The molecule has 40 heavy (non-hydrogen) atoms. The summed E-state index contributed by atoms with van der Waals surface area (Å²) >= 11 is 0. The van der Waals surface area contributed by atoms with Gasteiger partial charge in [-0.05, 0) is 44.5 Å². The molecule has 4 aliphatic heterocycles. The van der Waals surface area contributed by atoms with Crippen molar-refractivity contribution in [2.24, 2.45) is 11.8 Å². The lowest BCUT2D eigenvalue weighted by atomic mass is 9.78. The molecule has 2 N–H and O–H groups in total. The van der Waals surface area contributed by atoms with Crippen LogP contribution in [-0.4, -0.2) is 90.4 Å². The number of hydrogen-bond acceptors (Lipinski definition) is 8. The molecule has 0 unspecified atom stereocenters. The van der Waals surface area contributed by atoms with Gasteiger partial charge in [0.15, 0.2) is 0 Å². The minimum atomic E-state index is -1.46. The molecule has 2 fully saturated rings. The highest BCUT2D eigenvalue weighted by molar-refractivity contribution is 6.05. The first-order valence-electron chi connectivity index (χ1n) is 13.6. The van der Waals surface area contributed by atoms with Gasteiger partial charge in [0.2, 0.25) is 11.8 Å². The number of methoxy groups -OCH3 is 1. The second-order valence-corrected chi connectivity index (χ2v) is 10.7. The Labute approximate surface area is 232 Å². The van der Waals surface area contributed by atoms with Crippen LogP contribution < -0.4 is 15.0 Å². The fraction of sp³-hybridized carbons (Fsp3) is 0.517. The predicted octanol–water partition coefficient (Wildman–Crippen LogP) is 0.958. The van der Waals surface area contributed by atoms with Crippen molar-refractivity contribution in [1.82, 2.24) is 10.2 Å². The SMILES string of the molecule is COc1ccc(N2CC=C[C@@]34O[C@H]5/C=C\CCC(=O)NC[C@H](C)OC(=O)[C@H]5[C@@H]3C(=O)N([C@H](C)CO)[C@H]4C2=O)cc1. The first kappa shape index (κ1) is 27.9. The summed E-state index contributed by atoms with van der Waals surface area (Å²) in [5.74, 6) is -3.07. The van der Waals surface area contributed by atoms with E-state index >= 15 is 0 Å². The lowest BCUT2D eigenvalue weighted by molar-refractivity contribution is -0.159. The number of benzene rings is 1. The number of aliphatic hydroxyl groups excluding tert-OH is 1. The van der Waals surface area contributed by atoms with Crippen molar-refractivity contribution in [3.05, 3.63) is 48.6 Å². The van der Waals surface area contributed by atoms with Crippen LogP contribution in [0.1, 0.15) is 26.7 Å². The molecule has 0 aromatic heterocycles. The maximum Gasteiger partial charge on any atom is 0.313 e. The Kier molecular flexibility index (Phi) is 7.70. The van der Waals surface area contributed by atoms with Crippen molar-refractivity contribution >= 4 is 29.4 Å². The molecular weight excluding hydrogens is 518 g/mol. The minimum Gasteiger partial charge on any atom is -0.497 e. The zero-order valence-corrected chi connectivity index (χ0v) is 22.8. The van der Waals surface area contributed by atoms with Gasteiger partial charge in [0, 0.05) is 18.7 Å². The summed E-state index contributed by atoms with van der Waals surface area (Å²) in [5, 5.41) is 12.8. The van der Waals surface area contributed by atoms with Crippen molar-refractivity contribution in [1.29, 1.82) is 0 Å². The van der Waals surface area contributed by atoms with Gasteiger partial charge in [-0.25, -0.2) is 0 Å². The van der Waals surface area contributed by atoms with Gasteiger partial charge >= 0.3 is 5.97 Å². The Morgan fingerprint density at radius 2 is 1.90 bits per heavy atom. The highest BCUT2D eigenvalue weighted by Gasteiger charge is 2.72. The first-order valence-corrected chi connectivity index (χ1v) is 13.6. The predicted molar refractivity (Wildman–Crippen MR) is 143 cm³/mol. The van der Waals surface area contributed by atoms with Crippen molar-refractivity contribution in [2.45, 2.75) is 56.6 Å². The summed E-state index contributed by atoms with van der Waals surface area (Å²) in [7, 11) is 1.56. The molecule has 11 heteroatoms. The fourth-order valence-corrected chi connectivity index (χ4v) is 6.16. The number of rotatable bonds is 4. The van der Waals surface area contributed by atoms with Crippen LogP contribution in [0.5, 0.6) is 5.75 Å². The average molecular weight is 554 g/mol. The van der Waals surface area contributed by atoms with E-state index in [0.717, 1.165) is 0 Å². The second kappa shape index (κ2) is 11.1. The molecule has 0 radical (unpaired) electrons. The fourth-order valence-electron chi connectivity index (χ4n) is 6.16. The minimum absolute atomic E-state index is 0.141. The van der Waals surface area contributed by atoms with Crippen LogP contribution in [0.25, 0.3) is 0 Å². The van der Waals surface area contributed by atoms with Gasteiger partial charge in [-0.15, -0.1) is 0 Å². The molecular formula is C29H35N3O8. The zero-order valence-electron chi connectivity index (χ0n) is 22.8. The maximum absolute atomic E-state index is 14.3. The van der Waals surface area contributed by atoms with E-state index in [1.54, 1.807) is 74.4 Å². The van der Waals surface area contributed by atoms with Crippen LogP contribution >= 0.6 is 0 Å². The van der Waals surface area contributed by atoms with Crippen molar-refractivity contribution in [3.8, 4) is 5.75 Å². The Balaban J connectivity index is 1.59. The van der Waals surface area contributed by atoms with Crippen molar-refractivity contribution in [3.63, 3.8) is 0 Å². The van der Waals surface area contributed by atoms with Gasteiger partial charge in [-0.1, -0.05) is 24.3 Å². The molecule has 11 nitrogen and oxygen atoms in total. The van der Waals surface area contributed by atoms with E-state index in [9.17, 15) is 24.3 Å². The zero-order chi connectivity index (χ0) is 28.6. The number of nitrogens with one attached hydrogen (secondary N) is 1. The first-order chi connectivity index (χ1) is 19.2. The molecule has 3 amide bonds. The summed E-state index contributed by atoms with van der Waals surface area (Å²) in [5.41, 5.74) is -0.857. The van der Waals surface area contributed by atoms with Gasteiger partial charge in [0.1, 0.15) is 29.4 Å². The Morgan fingerprint density at radius 3 is 2.60 bits per heavy atom. The number of anilines is 1. The van der Waals surface area contributed by atoms with E-state index in [1.165, 1.54) is 4.90 Å². The van der Waals surface area contributed by atoms with Crippen LogP contribution in [0, 0.1) is 11.8 Å². The molecule has 2 saturated heterocycles. The van der Waals surface area contributed by atoms with Gasteiger partial charge in [-0.2, -0.15) is 0 Å². The summed E-state index contributed by atoms with van der Waals surface area (Å²) in [6.07, 6.45) is 6.14. The second-order valence-electron chi connectivity index (χ2n) is 10.7. The van der Waals surface area contributed by atoms with Gasteiger partial charge in [-0.3, -0.25) is 19.2 Å².